The SMILES string of the molecule is CC(C)(C)OC(=O)NNC(=O)[C@H](Cc1ccc(O)cc1)NC(=O)CNC(=O)CN. The van der Waals surface area contributed by atoms with Gasteiger partial charge >= 0.3 is 6.09 Å². The van der Waals surface area contributed by atoms with Gasteiger partial charge in [-0.2, -0.15) is 0 Å². The molecule has 0 aliphatic rings. The van der Waals surface area contributed by atoms with E-state index >= 15 is 0 Å². The number of benzene rings is 1. The number of carbonyl (C=O) groups is 4. The normalized spacial score (nSPS) is 11.7. The van der Waals surface area contributed by atoms with Crippen LogP contribution < -0.4 is 27.2 Å². The molecule has 0 aromatic heterocycles. The zero-order chi connectivity index (χ0) is 22.0. The minimum atomic E-state index is -1.07. The van der Waals surface area contributed by atoms with Crippen LogP contribution in [-0.4, -0.2) is 53.7 Å². The molecule has 160 valence electrons. The van der Waals surface area contributed by atoms with Crippen LogP contribution in [0.2, 0.25) is 0 Å². The van der Waals surface area contributed by atoms with Crippen molar-refractivity contribution in [3.8, 4) is 5.75 Å². The summed E-state index contributed by atoms with van der Waals surface area (Å²) in [6, 6.07) is 4.97. The molecule has 0 saturated carbocycles. The minimum absolute atomic E-state index is 0.0508. The second kappa shape index (κ2) is 10.9. The van der Waals surface area contributed by atoms with E-state index in [2.05, 4.69) is 21.5 Å². The molecule has 0 bridgehead atoms. The second-order valence-corrected chi connectivity index (χ2v) is 7.09. The van der Waals surface area contributed by atoms with Gasteiger partial charge in [-0.15, -0.1) is 0 Å². The van der Waals surface area contributed by atoms with E-state index in [-0.39, 0.29) is 25.3 Å². The number of hydrogen-bond donors (Lipinski definition) is 6. The van der Waals surface area contributed by atoms with Crippen molar-refractivity contribution >= 4 is 23.8 Å². The van der Waals surface area contributed by atoms with E-state index in [9.17, 15) is 24.3 Å². The monoisotopic (exact) mass is 409 g/mol. The lowest BCUT2D eigenvalue weighted by Gasteiger charge is -2.22. The van der Waals surface area contributed by atoms with Crippen LogP contribution in [0.4, 0.5) is 4.79 Å². The van der Waals surface area contributed by atoms with Crippen LogP contribution in [0.3, 0.4) is 0 Å². The number of rotatable bonds is 7. The highest BCUT2D eigenvalue weighted by molar-refractivity contribution is 5.91. The Hall–Kier alpha value is -3.34. The van der Waals surface area contributed by atoms with Gasteiger partial charge in [-0.25, -0.2) is 10.2 Å². The van der Waals surface area contributed by atoms with Gasteiger partial charge in [0.05, 0.1) is 13.1 Å². The predicted octanol–water partition coefficient (Wildman–Crippen LogP) is -0.950. The van der Waals surface area contributed by atoms with E-state index in [1.807, 2.05) is 0 Å². The molecule has 1 aromatic carbocycles. The maximum atomic E-state index is 12.5. The first-order valence-corrected chi connectivity index (χ1v) is 8.83. The molecule has 0 fully saturated rings. The lowest BCUT2D eigenvalue weighted by Crippen LogP contribution is -2.55. The summed E-state index contributed by atoms with van der Waals surface area (Å²) in [5, 5.41) is 14.1. The molecule has 4 amide bonds. The van der Waals surface area contributed by atoms with Crippen LogP contribution in [0.5, 0.6) is 5.75 Å². The molecule has 7 N–H and O–H groups in total. The number of phenolic OH excluding ortho intramolecular Hbond substituents is 1. The van der Waals surface area contributed by atoms with E-state index in [1.165, 1.54) is 12.1 Å². The number of hydrazine groups is 1. The zero-order valence-electron chi connectivity index (χ0n) is 16.6. The summed E-state index contributed by atoms with van der Waals surface area (Å²) in [6.45, 7) is 4.35. The maximum Gasteiger partial charge on any atom is 0.426 e. The van der Waals surface area contributed by atoms with Crippen molar-refractivity contribution in [1.29, 1.82) is 0 Å². The van der Waals surface area contributed by atoms with Crippen LogP contribution in [0.25, 0.3) is 0 Å². The molecule has 1 rings (SSSR count). The number of hydrogen-bond acceptors (Lipinski definition) is 7. The van der Waals surface area contributed by atoms with Crippen LogP contribution in [0, 0.1) is 0 Å². The van der Waals surface area contributed by atoms with Gasteiger partial charge < -0.3 is 26.2 Å². The van der Waals surface area contributed by atoms with Gasteiger partial charge in [0.15, 0.2) is 0 Å². The second-order valence-electron chi connectivity index (χ2n) is 7.09. The highest BCUT2D eigenvalue weighted by atomic mass is 16.6. The number of amides is 4. The standard InChI is InChI=1S/C18H27N5O6/c1-18(2,3)29-17(28)23-22-16(27)13(8-11-4-6-12(24)7-5-11)21-15(26)10-20-14(25)9-19/h4-7,13,24H,8-10,19H2,1-3H3,(H,20,25)(H,21,26)(H,22,27)(H,23,28)/t13-/m0/s1. The largest absolute Gasteiger partial charge is 0.508 e. The number of nitrogens with one attached hydrogen (secondary N) is 4. The highest BCUT2D eigenvalue weighted by Gasteiger charge is 2.23. The minimum Gasteiger partial charge on any atom is -0.508 e. The Balaban J connectivity index is 2.76. The Morgan fingerprint density at radius 2 is 1.69 bits per heavy atom. The van der Waals surface area contributed by atoms with Gasteiger partial charge in [0.2, 0.25) is 11.8 Å². The Kier molecular flexibility index (Phi) is 8.87. The highest BCUT2D eigenvalue weighted by Crippen LogP contribution is 2.11. The number of aromatic hydroxyl groups is 1. The quantitative estimate of drug-likeness (QED) is 0.315. The fraction of sp³-hybridized carbons (Fsp3) is 0.444. The van der Waals surface area contributed by atoms with E-state index in [1.54, 1.807) is 32.9 Å². The molecule has 1 atom stereocenters. The van der Waals surface area contributed by atoms with Gasteiger partial charge in [-0.3, -0.25) is 19.8 Å². The van der Waals surface area contributed by atoms with Crippen molar-refractivity contribution in [2.45, 2.75) is 38.8 Å². The molecule has 1 aromatic rings. The summed E-state index contributed by atoms with van der Waals surface area (Å²) in [7, 11) is 0. The van der Waals surface area contributed by atoms with Crippen molar-refractivity contribution < 1.29 is 29.0 Å². The first-order valence-electron chi connectivity index (χ1n) is 8.83. The van der Waals surface area contributed by atoms with Gasteiger partial charge in [-0.05, 0) is 38.5 Å². The third kappa shape index (κ3) is 9.96. The summed E-state index contributed by atoms with van der Waals surface area (Å²) in [5.41, 5.74) is 9.34. The van der Waals surface area contributed by atoms with Crippen LogP contribution in [-0.2, 0) is 25.5 Å². The van der Waals surface area contributed by atoms with Gasteiger partial charge in [0.25, 0.3) is 5.91 Å². The lowest BCUT2D eigenvalue weighted by atomic mass is 10.1. The molecule has 0 aliphatic carbocycles. The summed E-state index contributed by atoms with van der Waals surface area (Å²) >= 11 is 0. The molecule has 11 heteroatoms. The van der Waals surface area contributed by atoms with Crippen molar-refractivity contribution in [1.82, 2.24) is 21.5 Å². The third-order valence-electron chi connectivity index (χ3n) is 3.35. The van der Waals surface area contributed by atoms with Gasteiger partial charge in [0.1, 0.15) is 17.4 Å². The van der Waals surface area contributed by atoms with E-state index in [0.717, 1.165) is 0 Å². The van der Waals surface area contributed by atoms with Crippen LogP contribution in [0.15, 0.2) is 24.3 Å². The smallest absolute Gasteiger partial charge is 0.426 e. The molecule has 29 heavy (non-hydrogen) atoms. The molecular weight excluding hydrogens is 382 g/mol. The number of nitrogens with two attached hydrogens (primary N) is 1. The Morgan fingerprint density at radius 1 is 1.07 bits per heavy atom. The third-order valence-corrected chi connectivity index (χ3v) is 3.35. The molecule has 0 saturated heterocycles. The van der Waals surface area contributed by atoms with Crippen molar-refractivity contribution in [3.63, 3.8) is 0 Å². The van der Waals surface area contributed by atoms with Gasteiger partial charge in [0, 0.05) is 6.42 Å². The summed E-state index contributed by atoms with van der Waals surface area (Å²) < 4.78 is 5.02. The maximum absolute atomic E-state index is 12.5. The van der Waals surface area contributed by atoms with E-state index in [4.69, 9.17) is 10.5 Å². The fourth-order valence-electron chi connectivity index (χ4n) is 2.08. The molecule has 0 heterocycles. The number of phenols is 1. The van der Waals surface area contributed by atoms with Crippen LogP contribution >= 0.6 is 0 Å². The molecule has 11 nitrogen and oxygen atoms in total. The summed E-state index contributed by atoms with van der Waals surface area (Å²) in [4.78, 5) is 47.4. The molecule has 0 radical (unpaired) electrons. The van der Waals surface area contributed by atoms with E-state index in [0.29, 0.717) is 5.56 Å². The fourth-order valence-corrected chi connectivity index (χ4v) is 2.08. The average molecular weight is 409 g/mol. The first-order chi connectivity index (χ1) is 13.5. The summed E-state index contributed by atoms with van der Waals surface area (Å²) in [6.07, 6.45) is -0.797. The van der Waals surface area contributed by atoms with E-state index < -0.39 is 35.5 Å². The Bertz CT molecular complexity index is 729. The zero-order valence-corrected chi connectivity index (χ0v) is 16.6. The lowest BCUT2D eigenvalue weighted by molar-refractivity contribution is -0.130. The van der Waals surface area contributed by atoms with Crippen molar-refractivity contribution in [2.75, 3.05) is 13.1 Å². The molecule has 0 aliphatic heterocycles. The topological polar surface area (TPSA) is 172 Å². The summed E-state index contributed by atoms with van der Waals surface area (Å²) in [5.74, 6) is -1.80. The van der Waals surface area contributed by atoms with Crippen LogP contribution in [0.1, 0.15) is 26.3 Å². The number of ether oxygens (including phenoxy) is 1. The average Bonchev–Trinajstić information content (AvgIpc) is 2.64. The molecular formula is C18H27N5O6. The predicted molar refractivity (Wildman–Crippen MR) is 103 cm³/mol. The first kappa shape index (κ1) is 23.7. The molecule has 0 spiro atoms. The van der Waals surface area contributed by atoms with Gasteiger partial charge in [-0.1, -0.05) is 12.1 Å². The van der Waals surface area contributed by atoms with Crippen molar-refractivity contribution in [2.24, 2.45) is 5.73 Å². The Labute approximate surface area is 168 Å². The Morgan fingerprint density at radius 3 is 2.24 bits per heavy atom. The van der Waals surface area contributed by atoms with Crippen molar-refractivity contribution in [3.05, 3.63) is 29.8 Å². The number of carbonyl (C=O) groups excluding carboxylic acids is 4. The molecule has 0 unspecified atom stereocenters.